The molecule has 2 rings (SSSR count). The van der Waals surface area contributed by atoms with Gasteiger partial charge >= 0.3 is 0 Å². The second-order valence-corrected chi connectivity index (χ2v) is 3.96. The van der Waals surface area contributed by atoms with Crippen molar-refractivity contribution in [1.29, 1.82) is 0 Å². The standard InChI is InChI=1S/C15H17NO/c16-10-9-13-7-4-8-15(11-13)17-12-14-5-2-1-3-6-14/h1-8,11H,9-10,12,16H2. The second-order valence-electron chi connectivity index (χ2n) is 3.96. The van der Waals surface area contributed by atoms with E-state index in [1.54, 1.807) is 0 Å². The Balaban J connectivity index is 1.97. The summed E-state index contributed by atoms with van der Waals surface area (Å²) >= 11 is 0. The van der Waals surface area contributed by atoms with Crippen molar-refractivity contribution >= 4 is 0 Å². The minimum absolute atomic E-state index is 0.604. The van der Waals surface area contributed by atoms with E-state index in [9.17, 15) is 0 Å². The maximum Gasteiger partial charge on any atom is 0.120 e. The predicted molar refractivity (Wildman–Crippen MR) is 70.0 cm³/mol. The highest BCUT2D eigenvalue weighted by Gasteiger charge is 1.97. The van der Waals surface area contributed by atoms with Crippen molar-refractivity contribution in [2.45, 2.75) is 13.0 Å². The van der Waals surface area contributed by atoms with E-state index in [1.807, 2.05) is 30.3 Å². The van der Waals surface area contributed by atoms with E-state index in [4.69, 9.17) is 10.5 Å². The first-order chi connectivity index (χ1) is 8.38. The monoisotopic (exact) mass is 227 g/mol. The molecule has 2 aromatic rings. The zero-order valence-corrected chi connectivity index (χ0v) is 9.80. The predicted octanol–water partition coefficient (Wildman–Crippen LogP) is 2.77. The van der Waals surface area contributed by atoms with E-state index in [-0.39, 0.29) is 0 Å². The van der Waals surface area contributed by atoms with Crippen LogP contribution in [0.4, 0.5) is 0 Å². The summed E-state index contributed by atoms with van der Waals surface area (Å²) in [6.07, 6.45) is 0.891. The van der Waals surface area contributed by atoms with E-state index in [1.165, 1.54) is 11.1 Å². The quantitative estimate of drug-likeness (QED) is 0.852. The van der Waals surface area contributed by atoms with E-state index in [0.29, 0.717) is 13.2 Å². The summed E-state index contributed by atoms with van der Waals surface area (Å²) < 4.78 is 5.74. The smallest absolute Gasteiger partial charge is 0.120 e. The Morgan fingerprint density at radius 1 is 0.882 bits per heavy atom. The molecule has 0 spiro atoms. The van der Waals surface area contributed by atoms with Crippen molar-refractivity contribution in [1.82, 2.24) is 0 Å². The average molecular weight is 227 g/mol. The van der Waals surface area contributed by atoms with Crippen molar-refractivity contribution in [2.24, 2.45) is 5.73 Å². The van der Waals surface area contributed by atoms with Crippen molar-refractivity contribution < 1.29 is 4.74 Å². The first-order valence-electron chi connectivity index (χ1n) is 5.84. The number of benzene rings is 2. The van der Waals surface area contributed by atoms with Crippen LogP contribution in [-0.2, 0) is 13.0 Å². The molecule has 0 heterocycles. The van der Waals surface area contributed by atoms with E-state index in [0.717, 1.165) is 12.2 Å². The molecule has 0 fully saturated rings. The van der Waals surface area contributed by atoms with E-state index in [2.05, 4.69) is 24.3 Å². The molecular formula is C15H17NO. The van der Waals surface area contributed by atoms with Crippen molar-refractivity contribution in [3.63, 3.8) is 0 Å². The van der Waals surface area contributed by atoms with Crippen LogP contribution < -0.4 is 10.5 Å². The summed E-state index contributed by atoms with van der Waals surface area (Å²) in [6.45, 7) is 1.27. The molecule has 2 nitrogen and oxygen atoms in total. The van der Waals surface area contributed by atoms with Crippen molar-refractivity contribution in [3.05, 3.63) is 65.7 Å². The maximum atomic E-state index is 5.74. The fraction of sp³-hybridized carbons (Fsp3) is 0.200. The van der Waals surface area contributed by atoms with Crippen molar-refractivity contribution in [3.8, 4) is 5.75 Å². The molecule has 0 saturated heterocycles. The first kappa shape index (κ1) is 11.7. The second kappa shape index (κ2) is 6.06. The lowest BCUT2D eigenvalue weighted by Crippen LogP contribution is -2.03. The number of rotatable bonds is 5. The third-order valence-electron chi connectivity index (χ3n) is 2.58. The Morgan fingerprint density at radius 2 is 1.65 bits per heavy atom. The fourth-order valence-electron chi connectivity index (χ4n) is 1.70. The summed E-state index contributed by atoms with van der Waals surface area (Å²) in [7, 11) is 0. The molecule has 0 unspecified atom stereocenters. The van der Waals surface area contributed by atoms with Crippen LogP contribution in [0.1, 0.15) is 11.1 Å². The van der Waals surface area contributed by atoms with Crippen LogP contribution in [0.15, 0.2) is 54.6 Å². The lowest BCUT2D eigenvalue weighted by Gasteiger charge is -2.07. The normalized spacial score (nSPS) is 10.2. The van der Waals surface area contributed by atoms with Gasteiger partial charge in [0.1, 0.15) is 12.4 Å². The largest absolute Gasteiger partial charge is 0.489 e. The van der Waals surface area contributed by atoms with Gasteiger partial charge in [0, 0.05) is 0 Å². The zero-order valence-electron chi connectivity index (χ0n) is 9.80. The number of nitrogens with two attached hydrogens (primary N) is 1. The van der Waals surface area contributed by atoms with Crippen molar-refractivity contribution in [2.75, 3.05) is 6.54 Å². The molecule has 0 aliphatic heterocycles. The molecule has 88 valence electrons. The minimum atomic E-state index is 0.604. The molecule has 0 radical (unpaired) electrons. The highest BCUT2D eigenvalue weighted by molar-refractivity contribution is 5.29. The molecule has 0 atom stereocenters. The molecule has 0 amide bonds. The highest BCUT2D eigenvalue weighted by Crippen LogP contribution is 2.15. The Kier molecular flexibility index (Phi) is 4.17. The average Bonchev–Trinajstić information content (AvgIpc) is 2.39. The molecule has 0 aliphatic carbocycles. The third kappa shape index (κ3) is 3.61. The Morgan fingerprint density at radius 3 is 2.41 bits per heavy atom. The van der Waals surface area contributed by atoms with Gasteiger partial charge in [0.15, 0.2) is 0 Å². The summed E-state index contributed by atoms with van der Waals surface area (Å²) in [5, 5.41) is 0. The van der Waals surface area contributed by atoms with Gasteiger partial charge in [-0.05, 0) is 36.2 Å². The van der Waals surface area contributed by atoms with Gasteiger partial charge in [-0.1, -0.05) is 42.5 Å². The van der Waals surface area contributed by atoms with Gasteiger partial charge < -0.3 is 10.5 Å². The van der Waals surface area contributed by atoms with Crippen LogP contribution in [0.3, 0.4) is 0 Å². The number of hydrogen-bond donors (Lipinski definition) is 1. The van der Waals surface area contributed by atoms with Crippen LogP contribution in [0.2, 0.25) is 0 Å². The minimum Gasteiger partial charge on any atom is -0.489 e. The molecule has 0 aromatic heterocycles. The molecule has 2 aromatic carbocycles. The highest BCUT2D eigenvalue weighted by atomic mass is 16.5. The van der Waals surface area contributed by atoms with Crippen LogP contribution in [0.25, 0.3) is 0 Å². The molecule has 0 saturated carbocycles. The zero-order chi connectivity index (χ0) is 11.9. The summed E-state index contributed by atoms with van der Waals surface area (Å²) in [5.74, 6) is 0.903. The molecule has 2 heteroatoms. The molecule has 0 bridgehead atoms. The summed E-state index contributed by atoms with van der Waals surface area (Å²) in [5.41, 5.74) is 7.93. The fourth-order valence-corrected chi connectivity index (χ4v) is 1.70. The SMILES string of the molecule is NCCc1cccc(OCc2ccccc2)c1. The maximum absolute atomic E-state index is 5.74. The van der Waals surface area contributed by atoms with Gasteiger partial charge in [-0.3, -0.25) is 0 Å². The molecular weight excluding hydrogens is 210 g/mol. The van der Waals surface area contributed by atoms with Crippen LogP contribution in [0.5, 0.6) is 5.75 Å². The van der Waals surface area contributed by atoms with Gasteiger partial charge in [-0.15, -0.1) is 0 Å². The van der Waals surface area contributed by atoms with Crippen LogP contribution in [0, 0.1) is 0 Å². The molecule has 0 aliphatic rings. The van der Waals surface area contributed by atoms with Crippen LogP contribution >= 0.6 is 0 Å². The summed E-state index contributed by atoms with van der Waals surface area (Å²) in [4.78, 5) is 0. The Bertz CT molecular complexity index is 453. The first-order valence-corrected chi connectivity index (χ1v) is 5.84. The van der Waals surface area contributed by atoms with Gasteiger partial charge in [-0.2, -0.15) is 0 Å². The van der Waals surface area contributed by atoms with Gasteiger partial charge in [0.05, 0.1) is 0 Å². The molecule has 17 heavy (non-hydrogen) atoms. The van der Waals surface area contributed by atoms with E-state index >= 15 is 0 Å². The summed E-state index contributed by atoms with van der Waals surface area (Å²) in [6, 6.07) is 18.3. The number of ether oxygens (including phenoxy) is 1. The lowest BCUT2D eigenvalue weighted by molar-refractivity contribution is 0.306. The van der Waals surface area contributed by atoms with Gasteiger partial charge in [0.25, 0.3) is 0 Å². The Labute approximate surface area is 102 Å². The lowest BCUT2D eigenvalue weighted by atomic mass is 10.1. The third-order valence-corrected chi connectivity index (χ3v) is 2.58. The number of hydrogen-bond acceptors (Lipinski definition) is 2. The van der Waals surface area contributed by atoms with Gasteiger partial charge in [0.2, 0.25) is 0 Å². The topological polar surface area (TPSA) is 35.2 Å². The van der Waals surface area contributed by atoms with Crippen LogP contribution in [-0.4, -0.2) is 6.54 Å². The molecule has 2 N–H and O–H groups in total. The van der Waals surface area contributed by atoms with E-state index < -0.39 is 0 Å². The van der Waals surface area contributed by atoms with Gasteiger partial charge in [-0.25, -0.2) is 0 Å². The Hall–Kier alpha value is -1.80.